The fraction of sp³-hybridized carbons (Fsp3) is 1.00. The summed E-state index contributed by atoms with van der Waals surface area (Å²) in [6, 6.07) is 0. The molecule has 0 N–H and O–H groups in total. The Morgan fingerprint density at radius 2 is 1.60 bits per heavy atom. The van der Waals surface area contributed by atoms with E-state index in [-0.39, 0.29) is 0 Å². The summed E-state index contributed by atoms with van der Waals surface area (Å²) in [4.78, 5) is 11.1. The third-order valence-electron chi connectivity index (χ3n) is 0.892. The van der Waals surface area contributed by atoms with Gasteiger partial charge in [-0.05, 0) is 13.8 Å². The Morgan fingerprint density at radius 3 is 1.80 bits per heavy atom. The zero-order chi connectivity index (χ0) is 8.04. The highest BCUT2D eigenvalue weighted by Crippen LogP contribution is 2.03. The summed E-state index contributed by atoms with van der Waals surface area (Å²) in [5, 5.41) is 0. The maximum absolute atomic E-state index is 11.1. The van der Waals surface area contributed by atoms with Crippen molar-refractivity contribution in [3.63, 3.8) is 0 Å². The zero-order valence-electron chi connectivity index (χ0n) is 6.55. The SMILES string of the molecule is CCO[Si]([O])(OC)OCC. The first-order valence-corrected chi connectivity index (χ1v) is 4.85. The summed E-state index contributed by atoms with van der Waals surface area (Å²) in [5.41, 5.74) is 0. The molecule has 0 aromatic carbocycles. The second kappa shape index (κ2) is 4.81. The van der Waals surface area contributed by atoms with E-state index in [0.29, 0.717) is 13.2 Å². The van der Waals surface area contributed by atoms with Crippen LogP contribution in [0.5, 0.6) is 0 Å². The molecule has 0 saturated heterocycles. The predicted octanol–water partition coefficient (Wildman–Crippen LogP) is 0.572. The Labute approximate surface area is 62.2 Å². The lowest BCUT2D eigenvalue weighted by atomic mass is 10.9. The molecule has 0 aliphatic heterocycles. The molecular weight excluding hydrogens is 152 g/mol. The minimum atomic E-state index is -3.47. The van der Waals surface area contributed by atoms with Crippen molar-refractivity contribution in [1.82, 2.24) is 0 Å². The Balaban J connectivity index is 3.69. The predicted molar refractivity (Wildman–Crippen MR) is 36.7 cm³/mol. The maximum atomic E-state index is 11.1. The molecule has 0 amide bonds. The minimum absolute atomic E-state index is 0.337. The first-order valence-electron chi connectivity index (χ1n) is 3.22. The molecule has 10 heavy (non-hydrogen) atoms. The Bertz CT molecular complexity index is 81.7. The molecule has 0 bridgehead atoms. The van der Waals surface area contributed by atoms with Gasteiger partial charge in [-0.15, -0.1) is 0 Å². The van der Waals surface area contributed by atoms with Crippen LogP contribution in [0.25, 0.3) is 0 Å². The first-order chi connectivity index (χ1) is 4.68. The summed E-state index contributed by atoms with van der Waals surface area (Å²) < 4.78 is 14.1. The molecule has 61 valence electrons. The quantitative estimate of drug-likeness (QED) is 0.560. The van der Waals surface area contributed by atoms with Crippen LogP contribution in [-0.4, -0.2) is 29.4 Å². The van der Waals surface area contributed by atoms with Crippen LogP contribution in [0.1, 0.15) is 13.8 Å². The number of hydrogen-bond acceptors (Lipinski definition) is 3. The molecular formula is C5H13O4Si. The fourth-order valence-corrected chi connectivity index (χ4v) is 1.54. The third-order valence-corrected chi connectivity index (χ3v) is 2.68. The highest BCUT2D eigenvalue weighted by atomic mass is 28.4. The van der Waals surface area contributed by atoms with Gasteiger partial charge in [0.2, 0.25) is 0 Å². The Morgan fingerprint density at radius 1 is 1.20 bits per heavy atom. The molecule has 0 unspecified atom stereocenters. The molecule has 0 aliphatic carbocycles. The van der Waals surface area contributed by atoms with Crippen LogP contribution in [0.2, 0.25) is 0 Å². The van der Waals surface area contributed by atoms with E-state index < -0.39 is 9.05 Å². The summed E-state index contributed by atoms with van der Waals surface area (Å²) >= 11 is 0. The fourth-order valence-electron chi connectivity index (χ4n) is 0.513. The lowest BCUT2D eigenvalue weighted by Gasteiger charge is -2.16. The number of rotatable bonds is 5. The van der Waals surface area contributed by atoms with Crippen LogP contribution in [-0.2, 0) is 18.1 Å². The van der Waals surface area contributed by atoms with Crippen molar-refractivity contribution >= 4 is 9.05 Å². The van der Waals surface area contributed by atoms with Crippen molar-refractivity contribution in [3.05, 3.63) is 0 Å². The molecule has 0 atom stereocenters. The average Bonchev–Trinajstić information content (AvgIpc) is 1.89. The molecule has 0 heterocycles. The van der Waals surface area contributed by atoms with Crippen molar-refractivity contribution in [2.24, 2.45) is 0 Å². The third kappa shape index (κ3) is 3.28. The molecule has 0 fully saturated rings. The van der Waals surface area contributed by atoms with Gasteiger partial charge in [-0.25, -0.2) is 4.80 Å². The van der Waals surface area contributed by atoms with Gasteiger partial charge in [-0.2, -0.15) is 0 Å². The summed E-state index contributed by atoms with van der Waals surface area (Å²) in [5.74, 6) is 0. The van der Waals surface area contributed by atoms with Crippen LogP contribution in [0.15, 0.2) is 0 Å². The maximum Gasteiger partial charge on any atom is 0.706 e. The first kappa shape index (κ1) is 10.1. The molecule has 5 heteroatoms. The molecule has 0 aromatic rings. The van der Waals surface area contributed by atoms with Crippen LogP contribution in [0.3, 0.4) is 0 Å². The second-order valence-electron chi connectivity index (χ2n) is 1.57. The van der Waals surface area contributed by atoms with E-state index in [2.05, 4.69) is 4.43 Å². The van der Waals surface area contributed by atoms with Gasteiger partial charge in [0.15, 0.2) is 0 Å². The van der Waals surface area contributed by atoms with Crippen LogP contribution >= 0.6 is 0 Å². The van der Waals surface area contributed by atoms with E-state index in [4.69, 9.17) is 8.85 Å². The van der Waals surface area contributed by atoms with Gasteiger partial charge in [-0.1, -0.05) is 0 Å². The van der Waals surface area contributed by atoms with E-state index in [0.717, 1.165) is 0 Å². The van der Waals surface area contributed by atoms with Crippen LogP contribution < -0.4 is 0 Å². The molecule has 0 aromatic heterocycles. The zero-order valence-corrected chi connectivity index (χ0v) is 7.55. The topological polar surface area (TPSA) is 47.6 Å². The van der Waals surface area contributed by atoms with Crippen molar-refractivity contribution in [1.29, 1.82) is 0 Å². The van der Waals surface area contributed by atoms with E-state index >= 15 is 0 Å². The van der Waals surface area contributed by atoms with Gasteiger partial charge >= 0.3 is 9.05 Å². The molecule has 0 saturated carbocycles. The molecule has 1 radical (unpaired) electrons. The van der Waals surface area contributed by atoms with Gasteiger partial charge in [0.05, 0.1) is 0 Å². The van der Waals surface area contributed by atoms with E-state index in [1.807, 2.05) is 0 Å². The highest BCUT2D eigenvalue weighted by Gasteiger charge is 2.41. The molecule has 0 rings (SSSR count). The Hall–Kier alpha value is 0.0569. The van der Waals surface area contributed by atoms with E-state index in [1.165, 1.54) is 7.11 Å². The minimum Gasteiger partial charge on any atom is -0.353 e. The smallest absolute Gasteiger partial charge is 0.353 e. The largest absolute Gasteiger partial charge is 0.706 e. The average molecular weight is 165 g/mol. The van der Waals surface area contributed by atoms with Crippen molar-refractivity contribution in [2.75, 3.05) is 20.3 Å². The van der Waals surface area contributed by atoms with Crippen molar-refractivity contribution in [3.8, 4) is 0 Å². The van der Waals surface area contributed by atoms with Crippen molar-refractivity contribution < 1.29 is 18.1 Å². The molecule has 0 aliphatic rings. The monoisotopic (exact) mass is 165 g/mol. The summed E-state index contributed by atoms with van der Waals surface area (Å²) in [6.45, 7) is 4.14. The van der Waals surface area contributed by atoms with Crippen LogP contribution in [0, 0.1) is 0 Å². The molecule has 4 nitrogen and oxygen atoms in total. The molecule has 0 spiro atoms. The van der Waals surface area contributed by atoms with Crippen LogP contribution in [0.4, 0.5) is 0 Å². The van der Waals surface area contributed by atoms with Gasteiger partial charge in [0, 0.05) is 20.3 Å². The lowest BCUT2D eigenvalue weighted by molar-refractivity contribution is -0.00925. The summed E-state index contributed by atoms with van der Waals surface area (Å²) in [6.07, 6.45) is 0. The lowest BCUT2D eigenvalue weighted by Crippen LogP contribution is -2.43. The van der Waals surface area contributed by atoms with Crippen molar-refractivity contribution in [2.45, 2.75) is 13.8 Å². The van der Waals surface area contributed by atoms with Gasteiger partial charge in [-0.3, -0.25) is 0 Å². The van der Waals surface area contributed by atoms with E-state index in [1.54, 1.807) is 13.8 Å². The second-order valence-corrected chi connectivity index (χ2v) is 3.56. The summed E-state index contributed by atoms with van der Waals surface area (Å²) in [7, 11) is -2.16. The normalized spacial score (nSPS) is 12.0. The van der Waals surface area contributed by atoms with Gasteiger partial charge in [0.25, 0.3) is 0 Å². The Kier molecular flexibility index (Phi) is 4.84. The van der Waals surface area contributed by atoms with Gasteiger partial charge in [0.1, 0.15) is 0 Å². The highest BCUT2D eigenvalue weighted by molar-refractivity contribution is 6.51. The standard InChI is InChI=1S/C5H13O4Si/c1-4-8-10(6,7-3)9-5-2/h4-5H2,1-3H3. The van der Waals surface area contributed by atoms with E-state index in [9.17, 15) is 4.80 Å². The van der Waals surface area contributed by atoms with Gasteiger partial charge < -0.3 is 13.3 Å². The number of hydrogen-bond donors (Lipinski definition) is 0.